The summed E-state index contributed by atoms with van der Waals surface area (Å²) in [5.41, 5.74) is 6.58. The van der Waals surface area contributed by atoms with Gasteiger partial charge in [-0.15, -0.1) is 6.58 Å². The third kappa shape index (κ3) is 8.89. The van der Waals surface area contributed by atoms with Crippen molar-refractivity contribution in [2.75, 3.05) is 13.7 Å². The number of hydrogen-bond acceptors (Lipinski definition) is 8. The van der Waals surface area contributed by atoms with Crippen molar-refractivity contribution in [2.24, 2.45) is 17.6 Å². The van der Waals surface area contributed by atoms with Crippen LogP contribution < -0.4 is 16.4 Å². The number of methoxy groups -OCH3 is 1. The smallest absolute Gasteiger partial charge is 0.405 e. The van der Waals surface area contributed by atoms with E-state index in [-0.39, 0.29) is 40.8 Å². The minimum atomic E-state index is -0.977. The minimum Gasteiger partial charge on any atom is -0.439 e. The molecular weight excluding hydrogens is 514 g/mol. The van der Waals surface area contributed by atoms with Crippen molar-refractivity contribution in [2.45, 2.75) is 65.3 Å². The summed E-state index contributed by atoms with van der Waals surface area (Å²) in [6.07, 6.45) is 7.16. The molecule has 218 valence electrons. The lowest BCUT2D eigenvalue weighted by atomic mass is 9.86. The number of allylic oxidation sites excluding steroid dienone is 4. The number of fused-ring (bicyclic) bond motifs is 2. The summed E-state index contributed by atoms with van der Waals surface area (Å²) in [6.45, 7) is 11.1. The monoisotopic (exact) mass is 555 g/mol. The first-order valence-corrected chi connectivity index (χ1v) is 13.3. The van der Waals surface area contributed by atoms with E-state index in [0.717, 1.165) is 6.08 Å². The SMILES string of the molecule is C=CCNC1=C2C[C@@H](C)CCC(O)[C@@H](C)/C=C(\C)C(OC(N)=O)C(OC)/C=C\C=C(/C)C(=O)NC(=CC1=O)C2=O. The molecule has 0 aromatic heterocycles. The van der Waals surface area contributed by atoms with Crippen LogP contribution in [0, 0.1) is 11.8 Å². The van der Waals surface area contributed by atoms with Crippen LogP contribution in [0.15, 0.2) is 71.1 Å². The van der Waals surface area contributed by atoms with Crippen molar-refractivity contribution in [1.29, 1.82) is 0 Å². The molecule has 0 saturated carbocycles. The van der Waals surface area contributed by atoms with E-state index in [4.69, 9.17) is 15.2 Å². The predicted octanol–water partition coefficient (Wildman–Crippen LogP) is 2.91. The Bertz CT molecular complexity index is 1160. The fourth-order valence-electron chi connectivity index (χ4n) is 4.59. The van der Waals surface area contributed by atoms with E-state index in [9.17, 15) is 24.3 Å². The van der Waals surface area contributed by atoms with Crippen LogP contribution in [0.2, 0.25) is 0 Å². The lowest BCUT2D eigenvalue weighted by molar-refractivity contribution is -0.120. The van der Waals surface area contributed by atoms with Gasteiger partial charge in [-0.3, -0.25) is 14.4 Å². The zero-order valence-corrected chi connectivity index (χ0v) is 23.9. The van der Waals surface area contributed by atoms with Gasteiger partial charge in [0.25, 0.3) is 5.91 Å². The maximum atomic E-state index is 13.4. The van der Waals surface area contributed by atoms with E-state index in [0.29, 0.717) is 25.0 Å². The largest absolute Gasteiger partial charge is 0.439 e. The summed E-state index contributed by atoms with van der Waals surface area (Å²) in [4.78, 5) is 50.9. The van der Waals surface area contributed by atoms with E-state index in [2.05, 4.69) is 17.2 Å². The van der Waals surface area contributed by atoms with Gasteiger partial charge >= 0.3 is 6.09 Å². The highest BCUT2D eigenvalue weighted by Crippen LogP contribution is 2.27. The Morgan fingerprint density at radius 1 is 1.25 bits per heavy atom. The van der Waals surface area contributed by atoms with Gasteiger partial charge in [-0.2, -0.15) is 0 Å². The summed E-state index contributed by atoms with van der Waals surface area (Å²) in [7, 11) is 1.44. The highest BCUT2D eigenvalue weighted by Gasteiger charge is 2.31. The lowest BCUT2D eigenvalue weighted by Gasteiger charge is -2.26. The number of carbonyl (C=O) groups excluding carboxylic acids is 4. The molecule has 3 unspecified atom stereocenters. The summed E-state index contributed by atoms with van der Waals surface area (Å²) < 4.78 is 10.9. The molecule has 5 atom stereocenters. The number of primary amides is 1. The number of carbonyl (C=O) groups is 4. The number of ether oxygens (including phenoxy) is 2. The number of hydrogen-bond donors (Lipinski definition) is 4. The molecule has 0 radical (unpaired) electrons. The van der Waals surface area contributed by atoms with E-state index in [1.807, 2.05) is 19.9 Å². The second kappa shape index (κ2) is 15.1. The number of amides is 2. The summed E-state index contributed by atoms with van der Waals surface area (Å²) >= 11 is 0. The van der Waals surface area contributed by atoms with E-state index >= 15 is 0 Å². The van der Waals surface area contributed by atoms with Gasteiger partial charge in [0.15, 0.2) is 6.10 Å². The quantitative estimate of drug-likeness (QED) is 0.298. The van der Waals surface area contributed by atoms with Crippen LogP contribution in [-0.4, -0.2) is 60.6 Å². The third-order valence-corrected chi connectivity index (χ3v) is 6.92. The van der Waals surface area contributed by atoms with Gasteiger partial charge in [0, 0.05) is 36.8 Å². The van der Waals surface area contributed by atoms with Crippen molar-refractivity contribution >= 4 is 23.6 Å². The average Bonchev–Trinajstić information content (AvgIpc) is 2.90. The van der Waals surface area contributed by atoms with Crippen LogP contribution in [-0.2, 0) is 23.9 Å². The third-order valence-electron chi connectivity index (χ3n) is 6.92. The van der Waals surface area contributed by atoms with Gasteiger partial charge in [0.1, 0.15) is 6.10 Å². The van der Waals surface area contributed by atoms with Crippen molar-refractivity contribution in [3.05, 3.63) is 71.1 Å². The Balaban J connectivity index is 2.53. The molecule has 10 heteroatoms. The Morgan fingerprint density at radius 2 is 1.95 bits per heavy atom. The molecule has 1 heterocycles. The van der Waals surface area contributed by atoms with Crippen molar-refractivity contribution in [3.8, 4) is 0 Å². The lowest BCUT2D eigenvalue weighted by Crippen LogP contribution is -2.36. The van der Waals surface area contributed by atoms with E-state index < -0.39 is 41.9 Å². The number of rotatable bonds is 5. The van der Waals surface area contributed by atoms with Crippen LogP contribution in [0.1, 0.15) is 47.0 Å². The zero-order valence-electron chi connectivity index (χ0n) is 23.9. The van der Waals surface area contributed by atoms with Crippen molar-refractivity contribution < 1.29 is 33.8 Å². The molecule has 2 aliphatic rings. The number of nitrogens with two attached hydrogens (primary N) is 1. The van der Waals surface area contributed by atoms with E-state index in [1.165, 1.54) is 13.2 Å². The van der Waals surface area contributed by atoms with Gasteiger partial charge in [-0.05, 0) is 44.6 Å². The summed E-state index contributed by atoms with van der Waals surface area (Å²) in [5.74, 6) is -1.77. The van der Waals surface area contributed by atoms with Crippen LogP contribution in [0.5, 0.6) is 0 Å². The Hall–Kier alpha value is -3.76. The molecule has 0 saturated heterocycles. The molecule has 1 aliphatic carbocycles. The Morgan fingerprint density at radius 3 is 2.58 bits per heavy atom. The number of aliphatic hydroxyl groups is 1. The van der Waals surface area contributed by atoms with Gasteiger partial charge in [-0.25, -0.2) is 4.79 Å². The molecule has 0 spiro atoms. The van der Waals surface area contributed by atoms with Crippen LogP contribution in [0.3, 0.4) is 0 Å². The zero-order chi connectivity index (χ0) is 30.0. The molecule has 0 aromatic rings. The Labute approximate surface area is 235 Å². The first kappa shape index (κ1) is 32.5. The molecule has 0 aromatic carbocycles. The van der Waals surface area contributed by atoms with Gasteiger partial charge < -0.3 is 30.9 Å². The molecule has 10 nitrogen and oxygen atoms in total. The predicted molar refractivity (Wildman–Crippen MR) is 152 cm³/mol. The topological polar surface area (TPSA) is 157 Å². The molecule has 1 aliphatic heterocycles. The first-order chi connectivity index (χ1) is 18.9. The van der Waals surface area contributed by atoms with Gasteiger partial charge in [-0.1, -0.05) is 44.2 Å². The highest BCUT2D eigenvalue weighted by atomic mass is 16.6. The molecule has 40 heavy (non-hydrogen) atoms. The maximum Gasteiger partial charge on any atom is 0.405 e. The summed E-state index contributed by atoms with van der Waals surface area (Å²) in [6, 6.07) is 0. The number of aliphatic hydroxyl groups excluding tert-OH is 1. The molecule has 0 fully saturated rings. The molecule has 2 amide bonds. The Kier molecular flexibility index (Phi) is 12.3. The number of Topliss-reactive ketones (excluding diaryl/α,β-unsaturated/α-hetero) is 1. The van der Waals surface area contributed by atoms with E-state index in [1.54, 1.807) is 32.1 Å². The van der Waals surface area contributed by atoms with Crippen LogP contribution in [0.4, 0.5) is 4.79 Å². The fourth-order valence-corrected chi connectivity index (χ4v) is 4.59. The van der Waals surface area contributed by atoms with Crippen LogP contribution in [0.25, 0.3) is 0 Å². The van der Waals surface area contributed by atoms with Gasteiger partial charge in [0.2, 0.25) is 11.6 Å². The second-order valence-electron chi connectivity index (χ2n) is 10.2. The first-order valence-electron chi connectivity index (χ1n) is 13.3. The minimum absolute atomic E-state index is 0.0639. The fraction of sp³-hybridized carbons (Fsp3) is 0.467. The van der Waals surface area contributed by atoms with Crippen molar-refractivity contribution in [1.82, 2.24) is 10.6 Å². The molecule has 2 bridgehead atoms. The van der Waals surface area contributed by atoms with Gasteiger partial charge in [0.05, 0.1) is 17.5 Å². The normalized spacial score (nSPS) is 30.7. The van der Waals surface area contributed by atoms with Crippen LogP contribution >= 0.6 is 0 Å². The standard InChI is InChI=1S/C30H41N3O7/c1-7-13-32-26-21-14-17(2)11-12-23(34)19(4)15-20(5)28(40-30(31)38)25(39-6)10-8-9-18(3)29(37)33-22(27(21)36)16-24(26)35/h7-10,15-17,19,23,25,28,32,34H,1,11-14H2,2-6H3,(H2,31,38)(H,33,37)/b10-8-,18-9+,20-15+/t17-,19-,23?,25?,28?/m0/s1. The highest BCUT2D eigenvalue weighted by molar-refractivity contribution is 6.23. The van der Waals surface area contributed by atoms with Crippen molar-refractivity contribution in [3.63, 3.8) is 0 Å². The average molecular weight is 556 g/mol. The molecule has 5 N–H and O–H groups in total. The molecular formula is C30H41N3O7. The number of nitrogens with one attached hydrogen (secondary N) is 2. The maximum absolute atomic E-state index is 13.4. The summed E-state index contributed by atoms with van der Waals surface area (Å²) in [5, 5.41) is 16.4. The molecule has 2 rings (SSSR count). The second-order valence-corrected chi connectivity index (χ2v) is 10.2. The number of ketones is 2.